The van der Waals surface area contributed by atoms with E-state index in [2.05, 4.69) is 78.7 Å². The normalized spacial score (nSPS) is 13.2. The molecule has 0 amide bonds. The first-order valence-electron chi connectivity index (χ1n) is 8.43. The van der Waals surface area contributed by atoms with Crippen LogP contribution in [0, 0.1) is 0 Å². The van der Waals surface area contributed by atoms with E-state index in [1.54, 1.807) is 0 Å². The van der Waals surface area contributed by atoms with E-state index < -0.39 is 0 Å². The molecular weight excluding hydrogens is 272 g/mol. The Labute approximate surface area is 136 Å². The van der Waals surface area contributed by atoms with Crippen LogP contribution in [0.25, 0.3) is 0 Å². The van der Waals surface area contributed by atoms with E-state index in [1.807, 2.05) is 0 Å². The molecule has 0 saturated heterocycles. The molecule has 0 radical (unpaired) electrons. The van der Waals surface area contributed by atoms with Gasteiger partial charge in [-0.1, -0.05) is 37.3 Å². The second kappa shape index (κ2) is 11.1. The number of benzene rings is 1. The van der Waals surface area contributed by atoms with Gasteiger partial charge in [-0.3, -0.25) is 4.99 Å². The highest BCUT2D eigenvalue weighted by molar-refractivity contribution is 5.79. The zero-order chi connectivity index (χ0) is 16.2. The van der Waals surface area contributed by atoms with Crippen LogP contribution < -0.4 is 10.6 Å². The van der Waals surface area contributed by atoms with Gasteiger partial charge in [-0.2, -0.15) is 0 Å². The minimum atomic E-state index is 0.615. The molecule has 0 aliphatic rings. The van der Waals surface area contributed by atoms with Crippen LogP contribution in [0.4, 0.5) is 0 Å². The van der Waals surface area contributed by atoms with Crippen LogP contribution in [0.15, 0.2) is 35.3 Å². The summed E-state index contributed by atoms with van der Waals surface area (Å²) >= 11 is 0. The minimum absolute atomic E-state index is 0.615. The van der Waals surface area contributed by atoms with Gasteiger partial charge in [0, 0.05) is 25.7 Å². The van der Waals surface area contributed by atoms with E-state index in [9.17, 15) is 0 Å². The molecule has 4 heteroatoms. The quantitative estimate of drug-likeness (QED) is 0.544. The van der Waals surface area contributed by atoms with Crippen LogP contribution in [-0.2, 0) is 6.42 Å². The van der Waals surface area contributed by atoms with Gasteiger partial charge < -0.3 is 15.5 Å². The molecular formula is C18H32N4. The van der Waals surface area contributed by atoms with Crippen LogP contribution in [0.3, 0.4) is 0 Å². The third-order valence-electron chi connectivity index (χ3n) is 3.96. The number of aliphatic imine (C=N–C) groups is 1. The summed E-state index contributed by atoms with van der Waals surface area (Å²) in [5, 5.41) is 6.71. The molecule has 124 valence electrons. The number of guanidine groups is 1. The molecule has 0 bridgehead atoms. The van der Waals surface area contributed by atoms with Gasteiger partial charge in [0.05, 0.1) is 6.54 Å². The molecule has 0 heterocycles. The SMILES string of the molecule is CCNC(=NCCN(C)C(C)CC)NCCc1ccccc1. The number of nitrogens with zero attached hydrogens (tertiary/aromatic N) is 2. The van der Waals surface area contributed by atoms with E-state index in [1.165, 1.54) is 12.0 Å². The molecule has 0 aliphatic carbocycles. The largest absolute Gasteiger partial charge is 0.357 e. The first-order chi connectivity index (χ1) is 10.7. The smallest absolute Gasteiger partial charge is 0.191 e. The monoisotopic (exact) mass is 304 g/mol. The topological polar surface area (TPSA) is 39.7 Å². The van der Waals surface area contributed by atoms with Crippen molar-refractivity contribution in [2.24, 2.45) is 4.99 Å². The van der Waals surface area contributed by atoms with Gasteiger partial charge >= 0.3 is 0 Å². The second-order valence-electron chi connectivity index (χ2n) is 5.66. The summed E-state index contributed by atoms with van der Waals surface area (Å²) in [5.74, 6) is 0.913. The van der Waals surface area contributed by atoms with Crippen molar-refractivity contribution in [1.29, 1.82) is 0 Å². The third-order valence-corrected chi connectivity index (χ3v) is 3.96. The van der Waals surface area contributed by atoms with E-state index in [-0.39, 0.29) is 0 Å². The lowest BCUT2D eigenvalue weighted by atomic mass is 10.1. The fraction of sp³-hybridized carbons (Fsp3) is 0.611. The fourth-order valence-electron chi connectivity index (χ4n) is 2.16. The van der Waals surface area contributed by atoms with Crippen molar-refractivity contribution in [2.75, 3.05) is 33.2 Å². The Kier molecular flexibility index (Phi) is 9.31. The summed E-state index contributed by atoms with van der Waals surface area (Å²) in [5.41, 5.74) is 1.35. The first-order valence-corrected chi connectivity index (χ1v) is 8.43. The Morgan fingerprint density at radius 2 is 1.91 bits per heavy atom. The molecule has 0 aromatic heterocycles. The summed E-state index contributed by atoms with van der Waals surface area (Å²) in [6.07, 6.45) is 2.19. The van der Waals surface area contributed by atoms with Crippen LogP contribution >= 0.6 is 0 Å². The average molecular weight is 304 g/mol. The molecule has 0 saturated carbocycles. The van der Waals surface area contributed by atoms with Crippen LogP contribution in [0.2, 0.25) is 0 Å². The van der Waals surface area contributed by atoms with Crippen molar-refractivity contribution in [3.63, 3.8) is 0 Å². The summed E-state index contributed by atoms with van der Waals surface area (Å²) in [6.45, 7) is 10.2. The highest BCUT2D eigenvalue weighted by atomic mass is 15.2. The van der Waals surface area contributed by atoms with Gasteiger partial charge in [-0.05, 0) is 39.3 Å². The Hall–Kier alpha value is -1.55. The zero-order valence-corrected chi connectivity index (χ0v) is 14.6. The predicted octanol–water partition coefficient (Wildman–Crippen LogP) is 2.51. The molecule has 0 fully saturated rings. The van der Waals surface area contributed by atoms with Gasteiger partial charge in [0.25, 0.3) is 0 Å². The Bertz CT molecular complexity index is 416. The van der Waals surface area contributed by atoms with Gasteiger partial charge in [0.15, 0.2) is 5.96 Å². The van der Waals surface area contributed by atoms with Crippen molar-refractivity contribution >= 4 is 5.96 Å². The van der Waals surface area contributed by atoms with Crippen LogP contribution in [0.1, 0.15) is 32.8 Å². The lowest BCUT2D eigenvalue weighted by Gasteiger charge is -2.22. The average Bonchev–Trinajstić information content (AvgIpc) is 2.55. The Morgan fingerprint density at radius 1 is 1.18 bits per heavy atom. The Morgan fingerprint density at radius 3 is 2.55 bits per heavy atom. The molecule has 1 aromatic rings. The lowest BCUT2D eigenvalue weighted by Crippen LogP contribution is -2.39. The highest BCUT2D eigenvalue weighted by Gasteiger charge is 2.05. The molecule has 1 rings (SSSR count). The molecule has 1 unspecified atom stereocenters. The number of likely N-dealkylation sites (N-methyl/N-ethyl adjacent to an activating group) is 1. The minimum Gasteiger partial charge on any atom is -0.357 e. The lowest BCUT2D eigenvalue weighted by molar-refractivity contribution is 0.259. The molecule has 0 aliphatic heterocycles. The van der Waals surface area contributed by atoms with E-state index in [4.69, 9.17) is 0 Å². The highest BCUT2D eigenvalue weighted by Crippen LogP contribution is 1.99. The van der Waals surface area contributed by atoms with Crippen molar-refractivity contribution in [3.05, 3.63) is 35.9 Å². The molecule has 1 aromatic carbocycles. The van der Waals surface area contributed by atoms with Crippen molar-refractivity contribution in [1.82, 2.24) is 15.5 Å². The molecule has 1 atom stereocenters. The maximum Gasteiger partial charge on any atom is 0.191 e. The standard InChI is InChI=1S/C18H32N4/c1-5-16(3)22(4)15-14-21-18(19-6-2)20-13-12-17-10-8-7-9-11-17/h7-11,16H,5-6,12-15H2,1-4H3,(H2,19,20,21). The number of nitrogens with one attached hydrogen (secondary N) is 2. The molecule has 22 heavy (non-hydrogen) atoms. The number of hydrogen-bond acceptors (Lipinski definition) is 2. The summed E-state index contributed by atoms with van der Waals surface area (Å²) in [6, 6.07) is 11.2. The Balaban J connectivity index is 2.35. The summed E-state index contributed by atoms with van der Waals surface area (Å²) in [7, 11) is 2.17. The van der Waals surface area contributed by atoms with Crippen molar-refractivity contribution < 1.29 is 0 Å². The van der Waals surface area contributed by atoms with Gasteiger partial charge in [-0.15, -0.1) is 0 Å². The van der Waals surface area contributed by atoms with Gasteiger partial charge in [-0.25, -0.2) is 0 Å². The van der Waals surface area contributed by atoms with Crippen LogP contribution in [0.5, 0.6) is 0 Å². The maximum atomic E-state index is 4.65. The first kappa shape index (κ1) is 18.5. The predicted molar refractivity (Wildman–Crippen MR) is 96.5 cm³/mol. The fourth-order valence-corrected chi connectivity index (χ4v) is 2.16. The maximum absolute atomic E-state index is 4.65. The third kappa shape index (κ3) is 7.46. The van der Waals surface area contributed by atoms with E-state index in [0.29, 0.717) is 6.04 Å². The number of hydrogen-bond donors (Lipinski definition) is 2. The van der Waals surface area contributed by atoms with E-state index in [0.717, 1.165) is 38.6 Å². The van der Waals surface area contributed by atoms with Crippen LogP contribution in [-0.4, -0.2) is 50.1 Å². The molecule has 4 nitrogen and oxygen atoms in total. The van der Waals surface area contributed by atoms with Gasteiger partial charge in [0.2, 0.25) is 0 Å². The second-order valence-corrected chi connectivity index (χ2v) is 5.66. The number of rotatable bonds is 9. The van der Waals surface area contributed by atoms with E-state index >= 15 is 0 Å². The zero-order valence-electron chi connectivity index (χ0n) is 14.6. The summed E-state index contributed by atoms with van der Waals surface area (Å²) < 4.78 is 0. The molecule has 2 N–H and O–H groups in total. The van der Waals surface area contributed by atoms with Crippen molar-refractivity contribution in [2.45, 2.75) is 39.7 Å². The van der Waals surface area contributed by atoms with Crippen molar-refractivity contribution in [3.8, 4) is 0 Å². The van der Waals surface area contributed by atoms with Gasteiger partial charge in [0.1, 0.15) is 0 Å². The molecule has 0 spiro atoms. The summed E-state index contributed by atoms with van der Waals surface area (Å²) in [4.78, 5) is 7.01.